The molecule has 2 aromatic heterocycles. The third-order valence-electron chi connectivity index (χ3n) is 5.16. The molecule has 0 saturated carbocycles. The summed E-state index contributed by atoms with van der Waals surface area (Å²) in [4.78, 5) is 37.8. The summed E-state index contributed by atoms with van der Waals surface area (Å²) in [5.41, 5.74) is 2.89. The van der Waals surface area contributed by atoms with Crippen molar-refractivity contribution in [3.8, 4) is 0 Å². The lowest BCUT2D eigenvalue weighted by atomic mass is 10.3. The Morgan fingerprint density at radius 3 is 2.82 bits per heavy atom. The summed E-state index contributed by atoms with van der Waals surface area (Å²) in [5, 5.41) is 0. The van der Waals surface area contributed by atoms with Crippen LogP contribution in [0, 0.1) is 0 Å². The zero-order valence-corrected chi connectivity index (χ0v) is 15.2. The quantitative estimate of drug-likeness (QED) is 0.661. The summed E-state index contributed by atoms with van der Waals surface area (Å²) in [5.74, 6) is -0.00590. The molecule has 3 aromatic rings. The van der Waals surface area contributed by atoms with Gasteiger partial charge in [0, 0.05) is 31.4 Å². The second kappa shape index (κ2) is 6.75. The van der Waals surface area contributed by atoms with Crippen molar-refractivity contribution in [1.29, 1.82) is 0 Å². The first-order chi connectivity index (χ1) is 13.7. The fourth-order valence-electron chi connectivity index (χ4n) is 3.63. The number of morpholine rings is 1. The summed E-state index contributed by atoms with van der Waals surface area (Å²) < 4.78 is 11.9. The average molecular weight is 381 g/mol. The van der Waals surface area contributed by atoms with Gasteiger partial charge in [0.1, 0.15) is 6.54 Å². The van der Waals surface area contributed by atoms with Crippen LogP contribution < -0.4 is 10.7 Å². The van der Waals surface area contributed by atoms with Crippen molar-refractivity contribution < 1.29 is 13.9 Å². The van der Waals surface area contributed by atoms with E-state index in [0.717, 1.165) is 24.3 Å². The van der Waals surface area contributed by atoms with Gasteiger partial charge in [-0.15, -0.1) is 0 Å². The van der Waals surface area contributed by atoms with Gasteiger partial charge in [0.05, 0.1) is 31.0 Å². The van der Waals surface area contributed by atoms with Crippen molar-refractivity contribution in [3.63, 3.8) is 0 Å². The number of hydrogen-bond donors (Lipinski definition) is 0. The number of oxazole rings is 1. The second-order valence-electron chi connectivity index (χ2n) is 6.91. The van der Waals surface area contributed by atoms with E-state index in [1.54, 1.807) is 29.3 Å². The van der Waals surface area contributed by atoms with Crippen LogP contribution in [0.15, 0.2) is 39.7 Å². The maximum atomic E-state index is 12.8. The topological polar surface area (TPSA) is 93.7 Å². The lowest BCUT2D eigenvalue weighted by molar-refractivity contribution is -0.132. The zero-order valence-electron chi connectivity index (χ0n) is 15.2. The van der Waals surface area contributed by atoms with Crippen molar-refractivity contribution in [2.45, 2.75) is 19.6 Å². The molecule has 5 rings (SSSR count). The van der Waals surface area contributed by atoms with E-state index >= 15 is 0 Å². The van der Waals surface area contributed by atoms with Crippen LogP contribution in [0.3, 0.4) is 0 Å². The lowest BCUT2D eigenvalue weighted by Gasteiger charge is -2.26. The minimum absolute atomic E-state index is 0.0619. The van der Waals surface area contributed by atoms with E-state index in [1.807, 2.05) is 6.07 Å². The smallest absolute Gasteiger partial charge is 0.408 e. The van der Waals surface area contributed by atoms with Crippen molar-refractivity contribution in [2.75, 3.05) is 31.2 Å². The van der Waals surface area contributed by atoms with Crippen molar-refractivity contribution in [1.82, 2.24) is 19.4 Å². The van der Waals surface area contributed by atoms with E-state index in [9.17, 15) is 9.59 Å². The van der Waals surface area contributed by atoms with Gasteiger partial charge in [0.15, 0.2) is 5.58 Å². The number of carbonyl (C=O) groups is 1. The highest BCUT2D eigenvalue weighted by Gasteiger charge is 2.27. The van der Waals surface area contributed by atoms with E-state index in [0.29, 0.717) is 43.4 Å². The van der Waals surface area contributed by atoms with E-state index < -0.39 is 5.76 Å². The highest BCUT2D eigenvalue weighted by molar-refractivity contribution is 5.80. The molecule has 0 bridgehead atoms. The molecule has 28 heavy (non-hydrogen) atoms. The molecule has 0 aliphatic carbocycles. The highest BCUT2D eigenvalue weighted by Crippen LogP contribution is 2.23. The Balaban J connectivity index is 1.33. The number of rotatable bonds is 3. The Kier molecular flexibility index (Phi) is 4.09. The summed E-state index contributed by atoms with van der Waals surface area (Å²) >= 11 is 0. The number of anilines is 1. The van der Waals surface area contributed by atoms with Crippen LogP contribution in [0.2, 0.25) is 0 Å². The first kappa shape index (κ1) is 16.9. The number of fused-ring (bicyclic) bond motifs is 2. The monoisotopic (exact) mass is 381 g/mol. The minimum Gasteiger partial charge on any atom is -0.408 e. The number of para-hydroxylation sites is 2. The number of ether oxygens (including phenoxy) is 1. The third-order valence-corrected chi connectivity index (χ3v) is 5.16. The van der Waals surface area contributed by atoms with Crippen molar-refractivity contribution >= 4 is 23.0 Å². The minimum atomic E-state index is -0.527. The molecule has 1 amide bonds. The first-order valence-corrected chi connectivity index (χ1v) is 9.23. The van der Waals surface area contributed by atoms with Gasteiger partial charge in [-0.1, -0.05) is 12.1 Å². The molecular formula is C19H19N5O4. The second-order valence-corrected chi connectivity index (χ2v) is 6.91. The molecular weight excluding hydrogens is 362 g/mol. The molecule has 0 unspecified atom stereocenters. The molecule has 1 saturated heterocycles. The highest BCUT2D eigenvalue weighted by atomic mass is 16.5. The molecule has 0 N–H and O–H groups in total. The van der Waals surface area contributed by atoms with Crippen LogP contribution in [0.4, 0.5) is 5.95 Å². The molecule has 4 heterocycles. The molecule has 1 fully saturated rings. The third kappa shape index (κ3) is 2.93. The Hall–Kier alpha value is -3.20. The summed E-state index contributed by atoms with van der Waals surface area (Å²) in [6.45, 7) is 3.65. The number of carbonyl (C=O) groups excluding carboxylic acids is 1. The number of benzene rings is 1. The fraction of sp³-hybridized carbons (Fsp3) is 0.368. The Bertz CT molecular complexity index is 1100. The average Bonchev–Trinajstić information content (AvgIpc) is 3.29. The lowest BCUT2D eigenvalue weighted by Crippen LogP contribution is -2.37. The Labute approximate surface area is 160 Å². The van der Waals surface area contributed by atoms with Gasteiger partial charge in [-0.25, -0.2) is 14.8 Å². The van der Waals surface area contributed by atoms with E-state index in [4.69, 9.17) is 9.15 Å². The van der Waals surface area contributed by atoms with Crippen molar-refractivity contribution in [3.05, 3.63) is 52.3 Å². The van der Waals surface area contributed by atoms with Gasteiger partial charge in [0.25, 0.3) is 0 Å². The van der Waals surface area contributed by atoms with Crippen LogP contribution in [0.5, 0.6) is 0 Å². The molecule has 1 aromatic carbocycles. The SMILES string of the molecule is O=C(Cn1c(=O)oc2ccccc21)N1Cc2cnc(N3CCOCC3)nc2C1. The number of hydrogen-bond acceptors (Lipinski definition) is 7. The Morgan fingerprint density at radius 2 is 1.96 bits per heavy atom. The van der Waals surface area contributed by atoms with Crippen LogP contribution in [-0.2, 0) is 29.2 Å². The van der Waals surface area contributed by atoms with Crippen LogP contribution in [0.1, 0.15) is 11.3 Å². The molecule has 0 spiro atoms. The standard InChI is InChI=1S/C19H19N5O4/c25-17(12-24-15-3-1-2-4-16(15)28-19(24)26)23-10-13-9-20-18(21-14(13)11-23)22-5-7-27-8-6-22/h1-4,9H,5-8,10-12H2. The molecule has 144 valence electrons. The van der Waals surface area contributed by atoms with E-state index in [-0.39, 0.29) is 12.5 Å². The molecule has 9 nitrogen and oxygen atoms in total. The fourth-order valence-corrected chi connectivity index (χ4v) is 3.63. The van der Waals surface area contributed by atoms with Gasteiger partial charge >= 0.3 is 5.76 Å². The Morgan fingerprint density at radius 1 is 1.14 bits per heavy atom. The zero-order chi connectivity index (χ0) is 19.1. The first-order valence-electron chi connectivity index (χ1n) is 9.23. The predicted molar refractivity (Wildman–Crippen MR) is 99.8 cm³/mol. The normalized spacial score (nSPS) is 16.6. The maximum Gasteiger partial charge on any atom is 0.420 e. The molecule has 2 aliphatic heterocycles. The van der Waals surface area contributed by atoms with Gasteiger partial charge in [0.2, 0.25) is 11.9 Å². The number of amides is 1. The van der Waals surface area contributed by atoms with Crippen LogP contribution in [0.25, 0.3) is 11.1 Å². The summed E-state index contributed by atoms with van der Waals surface area (Å²) in [7, 11) is 0. The number of nitrogens with zero attached hydrogens (tertiary/aromatic N) is 5. The molecule has 2 aliphatic rings. The van der Waals surface area contributed by atoms with Crippen LogP contribution >= 0.6 is 0 Å². The van der Waals surface area contributed by atoms with Gasteiger partial charge in [-0.05, 0) is 12.1 Å². The molecule has 0 radical (unpaired) electrons. The summed E-state index contributed by atoms with van der Waals surface area (Å²) in [6, 6.07) is 7.09. The maximum absolute atomic E-state index is 12.8. The predicted octanol–water partition coefficient (Wildman–Crippen LogP) is 0.763. The van der Waals surface area contributed by atoms with Gasteiger partial charge in [-0.3, -0.25) is 9.36 Å². The van der Waals surface area contributed by atoms with E-state index in [1.165, 1.54) is 4.57 Å². The molecule has 9 heteroatoms. The molecule has 0 atom stereocenters. The summed E-state index contributed by atoms with van der Waals surface area (Å²) in [6.07, 6.45) is 1.79. The van der Waals surface area contributed by atoms with Gasteiger partial charge in [-0.2, -0.15) is 0 Å². The number of aromatic nitrogens is 3. The van der Waals surface area contributed by atoms with Crippen LogP contribution in [-0.4, -0.2) is 51.6 Å². The van der Waals surface area contributed by atoms with Crippen molar-refractivity contribution in [2.24, 2.45) is 0 Å². The van der Waals surface area contributed by atoms with E-state index in [2.05, 4.69) is 14.9 Å². The van der Waals surface area contributed by atoms with Gasteiger partial charge < -0.3 is 19.0 Å². The largest absolute Gasteiger partial charge is 0.420 e.